The van der Waals surface area contributed by atoms with E-state index < -0.39 is 5.60 Å². The highest BCUT2D eigenvalue weighted by Crippen LogP contribution is 2.15. The minimum absolute atomic E-state index is 0.145. The maximum Gasteiger partial charge on any atom is 0.407 e. The molecule has 1 N–H and O–H groups in total. The van der Waals surface area contributed by atoms with E-state index in [4.69, 9.17) is 9.47 Å². The van der Waals surface area contributed by atoms with E-state index in [9.17, 15) is 4.79 Å². The zero-order chi connectivity index (χ0) is 17.6. The summed E-state index contributed by atoms with van der Waals surface area (Å²) in [7, 11) is 0. The highest BCUT2D eigenvalue weighted by Gasteiger charge is 2.24. The van der Waals surface area contributed by atoms with Gasteiger partial charge in [-0.25, -0.2) is 4.79 Å². The fraction of sp³-hybridized carbons (Fsp3) is 0.611. The molecule has 1 aliphatic rings. The van der Waals surface area contributed by atoms with Crippen LogP contribution in [0.4, 0.5) is 4.79 Å². The van der Waals surface area contributed by atoms with Crippen LogP contribution in [0.3, 0.4) is 0 Å². The van der Waals surface area contributed by atoms with Gasteiger partial charge in [0, 0.05) is 22.7 Å². The van der Waals surface area contributed by atoms with E-state index in [0.29, 0.717) is 6.61 Å². The van der Waals surface area contributed by atoms with E-state index >= 15 is 0 Å². The summed E-state index contributed by atoms with van der Waals surface area (Å²) in [4.78, 5) is 14.2. The van der Waals surface area contributed by atoms with E-state index in [1.807, 2.05) is 45.0 Å². The molecule has 1 unspecified atom stereocenters. The van der Waals surface area contributed by atoms with Crippen LogP contribution in [0.2, 0.25) is 0 Å². The van der Waals surface area contributed by atoms with E-state index in [-0.39, 0.29) is 12.1 Å². The highest BCUT2D eigenvalue weighted by atomic mass is 127. The molecule has 0 aromatic heterocycles. The van der Waals surface area contributed by atoms with Crippen molar-refractivity contribution in [2.75, 3.05) is 26.2 Å². The van der Waals surface area contributed by atoms with Crippen LogP contribution in [-0.2, 0) is 4.74 Å². The summed E-state index contributed by atoms with van der Waals surface area (Å²) in [5.41, 5.74) is -0.459. The SMILES string of the molecule is CC(C)(C)OC(=O)NC1CCCN(CCOc2cccc(I)c2)C1. The second-order valence-corrected chi connectivity index (χ2v) is 8.34. The van der Waals surface area contributed by atoms with Crippen molar-refractivity contribution in [2.45, 2.75) is 45.3 Å². The zero-order valence-corrected chi connectivity index (χ0v) is 16.8. The average molecular weight is 446 g/mol. The molecular weight excluding hydrogens is 419 g/mol. The van der Waals surface area contributed by atoms with E-state index in [2.05, 4.69) is 32.8 Å². The monoisotopic (exact) mass is 446 g/mol. The topological polar surface area (TPSA) is 50.8 Å². The number of carbonyl (C=O) groups is 1. The molecule has 1 aliphatic heterocycles. The van der Waals surface area contributed by atoms with Crippen molar-refractivity contribution >= 4 is 28.7 Å². The van der Waals surface area contributed by atoms with E-state index in [1.54, 1.807) is 0 Å². The van der Waals surface area contributed by atoms with E-state index in [0.717, 1.165) is 38.2 Å². The molecule has 0 spiro atoms. The number of carbonyl (C=O) groups excluding carboxylic acids is 1. The zero-order valence-electron chi connectivity index (χ0n) is 14.7. The summed E-state index contributed by atoms with van der Waals surface area (Å²) in [5.74, 6) is 0.905. The largest absolute Gasteiger partial charge is 0.492 e. The number of hydrogen-bond donors (Lipinski definition) is 1. The van der Waals surface area contributed by atoms with Crippen LogP contribution in [0.1, 0.15) is 33.6 Å². The lowest BCUT2D eigenvalue weighted by Gasteiger charge is -2.33. The second kappa shape index (κ2) is 8.89. The van der Waals surface area contributed by atoms with Gasteiger partial charge in [0.2, 0.25) is 0 Å². The van der Waals surface area contributed by atoms with Gasteiger partial charge in [-0.2, -0.15) is 0 Å². The lowest BCUT2D eigenvalue weighted by atomic mass is 10.1. The van der Waals surface area contributed by atoms with Crippen molar-refractivity contribution in [1.29, 1.82) is 0 Å². The molecule has 1 atom stereocenters. The molecule has 1 fully saturated rings. The Morgan fingerprint density at radius 1 is 1.42 bits per heavy atom. The number of alkyl carbamates (subject to hydrolysis) is 1. The molecule has 6 heteroatoms. The number of rotatable bonds is 5. The summed E-state index contributed by atoms with van der Waals surface area (Å²) in [5, 5.41) is 2.98. The molecule has 1 aromatic carbocycles. The molecule has 1 amide bonds. The molecule has 1 heterocycles. The van der Waals surface area contributed by atoms with Gasteiger partial charge in [-0.3, -0.25) is 4.90 Å². The minimum Gasteiger partial charge on any atom is -0.492 e. The smallest absolute Gasteiger partial charge is 0.407 e. The van der Waals surface area contributed by atoms with Gasteiger partial charge in [0.1, 0.15) is 18.0 Å². The Morgan fingerprint density at radius 3 is 2.92 bits per heavy atom. The molecule has 1 saturated heterocycles. The number of benzene rings is 1. The third kappa shape index (κ3) is 7.25. The van der Waals surface area contributed by atoms with Crippen LogP contribution in [0.5, 0.6) is 5.75 Å². The number of amides is 1. The summed E-state index contributed by atoms with van der Waals surface area (Å²) in [6, 6.07) is 8.20. The molecule has 5 nitrogen and oxygen atoms in total. The quantitative estimate of drug-likeness (QED) is 0.702. The first kappa shape index (κ1) is 19.3. The first-order chi connectivity index (χ1) is 11.3. The van der Waals surface area contributed by atoms with Crippen LogP contribution in [-0.4, -0.2) is 48.9 Å². The van der Waals surface area contributed by atoms with Crippen LogP contribution in [0.25, 0.3) is 0 Å². The van der Waals surface area contributed by atoms with Crippen LogP contribution >= 0.6 is 22.6 Å². The third-order valence-corrected chi connectivity index (χ3v) is 4.37. The maximum absolute atomic E-state index is 11.9. The van der Waals surface area contributed by atoms with Gasteiger partial charge in [-0.1, -0.05) is 6.07 Å². The number of piperidine rings is 1. The Morgan fingerprint density at radius 2 is 2.21 bits per heavy atom. The van der Waals surface area contributed by atoms with Gasteiger partial charge < -0.3 is 14.8 Å². The molecule has 1 aromatic rings. The van der Waals surface area contributed by atoms with Gasteiger partial charge in [0.15, 0.2) is 0 Å². The van der Waals surface area contributed by atoms with Crippen LogP contribution in [0.15, 0.2) is 24.3 Å². The number of nitrogens with zero attached hydrogens (tertiary/aromatic N) is 1. The summed E-state index contributed by atoms with van der Waals surface area (Å²) in [6.45, 7) is 9.03. The predicted octanol–water partition coefficient (Wildman–Crippen LogP) is 3.66. The van der Waals surface area contributed by atoms with Gasteiger partial charge >= 0.3 is 6.09 Å². The van der Waals surface area contributed by atoms with Crippen molar-refractivity contribution < 1.29 is 14.3 Å². The summed E-state index contributed by atoms with van der Waals surface area (Å²) < 4.78 is 12.3. The van der Waals surface area contributed by atoms with Crippen molar-refractivity contribution in [3.05, 3.63) is 27.8 Å². The lowest BCUT2D eigenvalue weighted by Crippen LogP contribution is -2.49. The first-order valence-corrected chi connectivity index (χ1v) is 9.50. The second-order valence-electron chi connectivity index (χ2n) is 7.09. The van der Waals surface area contributed by atoms with Crippen molar-refractivity contribution in [3.8, 4) is 5.75 Å². The molecule has 134 valence electrons. The number of nitrogens with one attached hydrogen (secondary N) is 1. The molecule has 2 rings (SSSR count). The molecule has 0 saturated carbocycles. The molecule has 0 bridgehead atoms. The summed E-state index contributed by atoms with van der Waals surface area (Å²) >= 11 is 2.28. The Kier molecular flexibility index (Phi) is 7.16. The number of ether oxygens (including phenoxy) is 2. The Hall–Kier alpha value is -1.02. The van der Waals surface area contributed by atoms with E-state index in [1.165, 1.54) is 3.57 Å². The Balaban J connectivity index is 1.72. The molecule has 24 heavy (non-hydrogen) atoms. The Labute approximate surface area is 158 Å². The Bertz CT molecular complexity index is 545. The number of likely N-dealkylation sites (tertiary alicyclic amines) is 1. The van der Waals surface area contributed by atoms with Crippen LogP contribution in [0, 0.1) is 3.57 Å². The normalized spacial score (nSPS) is 18.9. The van der Waals surface area contributed by atoms with Gasteiger partial charge in [0.25, 0.3) is 0 Å². The highest BCUT2D eigenvalue weighted by molar-refractivity contribution is 14.1. The number of halogens is 1. The van der Waals surface area contributed by atoms with Gasteiger partial charge in [0.05, 0.1) is 0 Å². The standard InChI is InChI=1S/C18H27IN2O3/c1-18(2,3)24-17(22)20-15-7-5-9-21(13-15)10-11-23-16-8-4-6-14(19)12-16/h4,6,8,12,15H,5,7,9-11,13H2,1-3H3,(H,20,22). The minimum atomic E-state index is -0.459. The molecule has 0 aliphatic carbocycles. The van der Waals surface area contributed by atoms with Crippen molar-refractivity contribution in [3.63, 3.8) is 0 Å². The van der Waals surface area contributed by atoms with Crippen LogP contribution < -0.4 is 10.1 Å². The molecular formula is C18H27IN2O3. The summed E-state index contributed by atoms with van der Waals surface area (Å²) in [6.07, 6.45) is 1.74. The predicted molar refractivity (Wildman–Crippen MR) is 103 cm³/mol. The number of hydrogen-bond acceptors (Lipinski definition) is 4. The van der Waals surface area contributed by atoms with Crippen molar-refractivity contribution in [2.24, 2.45) is 0 Å². The van der Waals surface area contributed by atoms with Gasteiger partial charge in [-0.05, 0) is 80.9 Å². The van der Waals surface area contributed by atoms with Crippen molar-refractivity contribution in [1.82, 2.24) is 10.2 Å². The lowest BCUT2D eigenvalue weighted by molar-refractivity contribution is 0.0469. The first-order valence-electron chi connectivity index (χ1n) is 8.42. The fourth-order valence-corrected chi connectivity index (χ4v) is 3.21. The average Bonchev–Trinajstić information content (AvgIpc) is 2.45. The van der Waals surface area contributed by atoms with Gasteiger partial charge in [-0.15, -0.1) is 0 Å². The fourth-order valence-electron chi connectivity index (χ4n) is 2.70. The third-order valence-electron chi connectivity index (χ3n) is 3.70. The maximum atomic E-state index is 11.9. The molecule has 0 radical (unpaired) electrons.